The molecule has 0 saturated carbocycles. The Morgan fingerprint density at radius 1 is 1.30 bits per heavy atom. The molecule has 0 spiro atoms. The number of fused-ring (bicyclic) bond motifs is 3. The summed E-state index contributed by atoms with van der Waals surface area (Å²) >= 11 is 0. The molecule has 4 rings (SSSR count). The second-order valence-electron chi connectivity index (χ2n) is 6.54. The van der Waals surface area contributed by atoms with Crippen molar-refractivity contribution in [2.75, 3.05) is 6.61 Å². The Kier molecular flexibility index (Phi) is 3.39. The molecule has 3 heterocycles. The number of carbonyl (C=O) groups is 1. The number of hydrogen-bond donors (Lipinski definition) is 1. The first-order chi connectivity index (χ1) is 11.0. The van der Waals surface area contributed by atoms with E-state index in [0.29, 0.717) is 19.4 Å². The molecule has 3 aliphatic heterocycles. The van der Waals surface area contributed by atoms with Crippen LogP contribution in [-0.4, -0.2) is 42.5 Å². The van der Waals surface area contributed by atoms with Gasteiger partial charge in [-0.15, -0.1) is 0 Å². The van der Waals surface area contributed by atoms with E-state index in [0.717, 1.165) is 30.6 Å². The van der Waals surface area contributed by atoms with Crippen molar-refractivity contribution in [1.29, 1.82) is 0 Å². The Bertz CT molecular complexity index is 760. The molecule has 1 aromatic carbocycles. The van der Waals surface area contributed by atoms with Crippen molar-refractivity contribution in [2.24, 2.45) is 5.92 Å². The van der Waals surface area contributed by atoms with E-state index >= 15 is 0 Å². The number of sulfonamides is 1. The second-order valence-corrected chi connectivity index (χ2v) is 8.38. The van der Waals surface area contributed by atoms with Crippen LogP contribution in [0.25, 0.3) is 0 Å². The molecular weight excluding hydrogens is 318 g/mol. The molecule has 2 bridgehead atoms. The topological polar surface area (TPSA) is 83.9 Å². The van der Waals surface area contributed by atoms with Crippen molar-refractivity contribution >= 4 is 16.0 Å². The van der Waals surface area contributed by atoms with Crippen molar-refractivity contribution in [3.63, 3.8) is 0 Å². The Labute approximate surface area is 135 Å². The Balaban J connectivity index is 1.70. The lowest BCUT2D eigenvalue weighted by atomic mass is 9.89. The average Bonchev–Trinajstić information content (AvgIpc) is 3.13. The van der Waals surface area contributed by atoms with Gasteiger partial charge in [0.2, 0.25) is 10.0 Å². The monoisotopic (exact) mass is 337 g/mol. The van der Waals surface area contributed by atoms with Gasteiger partial charge in [-0.2, -0.15) is 4.31 Å². The third-order valence-electron chi connectivity index (χ3n) is 5.25. The van der Waals surface area contributed by atoms with Gasteiger partial charge >= 0.3 is 5.97 Å². The number of ether oxygens (including phenoxy) is 1. The Morgan fingerprint density at radius 2 is 2.13 bits per heavy atom. The zero-order chi connectivity index (χ0) is 16.2. The molecule has 0 aliphatic carbocycles. The summed E-state index contributed by atoms with van der Waals surface area (Å²) < 4.78 is 33.1. The van der Waals surface area contributed by atoms with Crippen LogP contribution >= 0.6 is 0 Å². The van der Waals surface area contributed by atoms with Gasteiger partial charge in [0.25, 0.3) is 0 Å². The van der Waals surface area contributed by atoms with Crippen LogP contribution in [-0.2, 0) is 21.2 Å². The van der Waals surface area contributed by atoms with Crippen LogP contribution in [0.5, 0.6) is 5.75 Å². The standard InChI is InChI=1S/C16H19NO5S/c18-16(19)13-9-11-3-5-14(13)17(11)23(20,21)12-4-6-15-10(8-12)2-1-7-22-15/h4,6,8,11,13-14H,1-3,5,7,9H2,(H,18,19). The number of aliphatic carboxylic acids is 1. The lowest BCUT2D eigenvalue weighted by Gasteiger charge is -2.24. The molecule has 3 atom stereocenters. The zero-order valence-electron chi connectivity index (χ0n) is 12.6. The van der Waals surface area contributed by atoms with E-state index in [9.17, 15) is 18.3 Å². The number of benzene rings is 1. The third kappa shape index (κ3) is 2.25. The van der Waals surface area contributed by atoms with E-state index in [1.54, 1.807) is 18.2 Å². The summed E-state index contributed by atoms with van der Waals surface area (Å²) in [7, 11) is -3.66. The van der Waals surface area contributed by atoms with Crippen molar-refractivity contribution < 1.29 is 23.1 Å². The maximum atomic E-state index is 13.0. The second kappa shape index (κ2) is 5.21. The van der Waals surface area contributed by atoms with Crippen molar-refractivity contribution in [2.45, 2.75) is 49.1 Å². The third-order valence-corrected chi connectivity index (χ3v) is 7.22. The summed E-state index contributed by atoms with van der Waals surface area (Å²) in [5, 5.41) is 9.31. The molecule has 0 aromatic heterocycles. The summed E-state index contributed by atoms with van der Waals surface area (Å²) in [4.78, 5) is 11.6. The highest BCUT2D eigenvalue weighted by atomic mass is 32.2. The first kappa shape index (κ1) is 15.0. The fourth-order valence-corrected chi connectivity index (χ4v) is 6.17. The molecule has 2 fully saturated rings. The molecule has 3 aliphatic rings. The van der Waals surface area contributed by atoms with E-state index in [2.05, 4.69) is 0 Å². The Hall–Kier alpha value is -1.60. The molecule has 2 saturated heterocycles. The van der Waals surface area contributed by atoms with Crippen LogP contribution in [0, 0.1) is 5.92 Å². The SMILES string of the molecule is O=C(O)C1CC2CCC1N2S(=O)(=O)c1ccc2c(c1)CCCO2. The Morgan fingerprint density at radius 3 is 2.87 bits per heavy atom. The first-order valence-corrected chi connectivity index (χ1v) is 9.44. The van der Waals surface area contributed by atoms with Crippen LogP contribution < -0.4 is 4.74 Å². The van der Waals surface area contributed by atoms with Gasteiger partial charge in [0.05, 0.1) is 17.4 Å². The van der Waals surface area contributed by atoms with Gasteiger partial charge in [-0.1, -0.05) is 0 Å². The molecule has 3 unspecified atom stereocenters. The molecule has 23 heavy (non-hydrogen) atoms. The molecule has 1 N–H and O–H groups in total. The van der Waals surface area contributed by atoms with Crippen LogP contribution in [0.1, 0.15) is 31.2 Å². The summed E-state index contributed by atoms with van der Waals surface area (Å²) in [6, 6.07) is 4.39. The van der Waals surface area contributed by atoms with Gasteiger partial charge < -0.3 is 9.84 Å². The van der Waals surface area contributed by atoms with Gasteiger partial charge in [0, 0.05) is 12.1 Å². The number of carboxylic acids is 1. The number of rotatable bonds is 3. The quantitative estimate of drug-likeness (QED) is 0.906. The van der Waals surface area contributed by atoms with Crippen molar-refractivity contribution in [1.82, 2.24) is 4.31 Å². The number of carboxylic acid groups (broad SMARTS) is 1. The van der Waals surface area contributed by atoms with E-state index in [4.69, 9.17) is 4.74 Å². The predicted molar refractivity (Wildman–Crippen MR) is 81.8 cm³/mol. The highest BCUT2D eigenvalue weighted by molar-refractivity contribution is 7.89. The van der Waals surface area contributed by atoms with Crippen LogP contribution in [0.2, 0.25) is 0 Å². The maximum absolute atomic E-state index is 13.0. The van der Waals surface area contributed by atoms with E-state index in [1.165, 1.54) is 4.31 Å². The predicted octanol–water partition coefficient (Wildman–Crippen LogP) is 1.64. The minimum Gasteiger partial charge on any atom is -0.493 e. The highest BCUT2D eigenvalue weighted by Crippen LogP contribution is 2.45. The molecule has 0 radical (unpaired) electrons. The molecule has 0 amide bonds. The van der Waals surface area contributed by atoms with E-state index in [1.807, 2.05) is 0 Å². The minimum absolute atomic E-state index is 0.182. The normalized spacial score (nSPS) is 30.0. The molecule has 6 nitrogen and oxygen atoms in total. The van der Waals surface area contributed by atoms with Crippen molar-refractivity contribution in [3.8, 4) is 5.75 Å². The molecule has 124 valence electrons. The molecular formula is C16H19NO5S. The molecule has 1 aromatic rings. The lowest BCUT2D eigenvalue weighted by Crippen LogP contribution is -2.37. The lowest BCUT2D eigenvalue weighted by molar-refractivity contribution is -0.142. The van der Waals surface area contributed by atoms with E-state index < -0.39 is 28.0 Å². The van der Waals surface area contributed by atoms with Gasteiger partial charge in [-0.25, -0.2) is 8.42 Å². The largest absolute Gasteiger partial charge is 0.493 e. The minimum atomic E-state index is -3.66. The fourth-order valence-electron chi connectivity index (χ4n) is 4.20. The number of aryl methyl sites for hydroxylation is 1. The number of nitrogens with zero attached hydrogens (tertiary/aromatic N) is 1. The summed E-state index contributed by atoms with van der Waals surface area (Å²) in [6.45, 7) is 0.662. The van der Waals surface area contributed by atoms with Crippen LogP contribution in [0.3, 0.4) is 0 Å². The van der Waals surface area contributed by atoms with Gasteiger partial charge in [-0.05, 0) is 55.9 Å². The van der Waals surface area contributed by atoms with E-state index in [-0.39, 0.29) is 10.9 Å². The van der Waals surface area contributed by atoms with Crippen LogP contribution in [0.15, 0.2) is 23.1 Å². The highest BCUT2D eigenvalue weighted by Gasteiger charge is 2.54. The first-order valence-electron chi connectivity index (χ1n) is 8.00. The summed E-state index contributed by atoms with van der Waals surface area (Å²) in [5.41, 5.74) is 0.915. The smallest absolute Gasteiger partial charge is 0.308 e. The maximum Gasteiger partial charge on any atom is 0.308 e. The fraction of sp³-hybridized carbons (Fsp3) is 0.562. The molecule has 7 heteroatoms. The van der Waals surface area contributed by atoms with Gasteiger partial charge in [-0.3, -0.25) is 4.79 Å². The summed E-state index contributed by atoms with van der Waals surface area (Å²) in [6.07, 6.45) is 3.50. The summed E-state index contributed by atoms with van der Waals surface area (Å²) in [5.74, 6) is -0.719. The average molecular weight is 337 g/mol. The van der Waals surface area contributed by atoms with Crippen LogP contribution in [0.4, 0.5) is 0 Å². The van der Waals surface area contributed by atoms with Gasteiger partial charge in [0.1, 0.15) is 5.75 Å². The zero-order valence-corrected chi connectivity index (χ0v) is 13.5. The van der Waals surface area contributed by atoms with Crippen molar-refractivity contribution in [3.05, 3.63) is 23.8 Å². The van der Waals surface area contributed by atoms with Gasteiger partial charge in [0.15, 0.2) is 0 Å². The number of hydrogen-bond acceptors (Lipinski definition) is 4.